The Morgan fingerprint density at radius 3 is 2.48 bits per heavy atom. The van der Waals surface area contributed by atoms with E-state index >= 15 is 0 Å². The second kappa shape index (κ2) is 7.85. The Bertz CT molecular complexity index is 492. The van der Waals surface area contributed by atoms with Crippen LogP contribution in [-0.4, -0.2) is 18.8 Å². The van der Waals surface area contributed by atoms with Crippen LogP contribution in [0.2, 0.25) is 0 Å². The smallest absolute Gasteiger partial charge is 0.175 e. The molecule has 0 aliphatic rings. The lowest BCUT2D eigenvalue weighted by atomic mass is 10.1. The summed E-state index contributed by atoms with van der Waals surface area (Å²) in [7, 11) is 0. The summed E-state index contributed by atoms with van der Waals surface area (Å²) >= 11 is 3.58. The van der Waals surface area contributed by atoms with Crippen molar-refractivity contribution in [1.29, 1.82) is 0 Å². The standard InChI is InChI=1S/C17H26BrNO2/c1-7-20-15-9-13(10-19-17(4,5)6)8-14(18)16(15)21-11-12(2)3/h8-9,19H,2,7,10-11H2,1,3-6H3. The van der Waals surface area contributed by atoms with Gasteiger partial charge in [-0.05, 0) is 73.8 Å². The first kappa shape index (κ1) is 18.1. The predicted molar refractivity (Wildman–Crippen MR) is 92.2 cm³/mol. The minimum absolute atomic E-state index is 0.0768. The van der Waals surface area contributed by atoms with Crippen LogP contribution in [0.4, 0.5) is 0 Å². The third kappa shape index (κ3) is 6.53. The van der Waals surface area contributed by atoms with Gasteiger partial charge in [-0.3, -0.25) is 0 Å². The van der Waals surface area contributed by atoms with Crippen molar-refractivity contribution in [2.75, 3.05) is 13.2 Å². The van der Waals surface area contributed by atoms with E-state index in [0.717, 1.165) is 33.7 Å². The van der Waals surface area contributed by atoms with E-state index in [1.54, 1.807) is 0 Å². The fourth-order valence-electron chi connectivity index (χ4n) is 1.69. The summed E-state index contributed by atoms with van der Waals surface area (Å²) < 4.78 is 12.4. The summed E-state index contributed by atoms with van der Waals surface area (Å²) in [6.07, 6.45) is 0. The molecule has 0 amide bonds. The van der Waals surface area contributed by atoms with Gasteiger partial charge in [0, 0.05) is 12.1 Å². The van der Waals surface area contributed by atoms with Crippen LogP contribution >= 0.6 is 15.9 Å². The van der Waals surface area contributed by atoms with Crippen LogP contribution in [-0.2, 0) is 6.54 Å². The number of benzene rings is 1. The van der Waals surface area contributed by atoms with E-state index in [0.29, 0.717) is 13.2 Å². The molecule has 0 saturated carbocycles. The molecule has 0 atom stereocenters. The Hall–Kier alpha value is -1.00. The predicted octanol–water partition coefficient (Wildman–Crippen LogP) is 4.69. The molecule has 1 aromatic rings. The molecular weight excluding hydrogens is 330 g/mol. The molecule has 0 heterocycles. The molecule has 0 fully saturated rings. The zero-order chi connectivity index (χ0) is 16.0. The van der Waals surface area contributed by atoms with Gasteiger partial charge in [-0.15, -0.1) is 0 Å². The lowest BCUT2D eigenvalue weighted by Gasteiger charge is -2.21. The minimum atomic E-state index is 0.0768. The molecule has 1 rings (SSSR count). The van der Waals surface area contributed by atoms with Gasteiger partial charge in [-0.1, -0.05) is 6.58 Å². The first-order valence-corrected chi connectivity index (χ1v) is 7.99. The van der Waals surface area contributed by atoms with Crippen molar-refractivity contribution in [2.24, 2.45) is 0 Å². The number of rotatable bonds is 7. The third-order valence-corrected chi connectivity index (χ3v) is 3.24. The van der Waals surface area contributed by atoms with Gasteiger partial charge in [0.05, 0.1) is 11.1 Å². The topological polar surface area (TPSA) is 30.5 Å². The molecule has 0 radical (unpaired) electrons. The Morgan fingerprint density at radius 2 is 1.95 bits per heavy atom. The highest BCUT2D eigenvalue weighted by Gasteiger charge is 2.14. The highest BCUT2D eigenvalue weighted by Crippen LogP contribution is 2.37. The van der Waals surface area contributed by atoms with Crippen molar-refractivity contribution < 1.29 is 9.47 Å². The fourth-order valence-corrected chi connectivity index (χ4v) is 2.29. The van der Waals surface area contributed by atoms with Crippen molar-refractivity contribution in [3.63, 3.8) is 0 Å². The summed E-state index contributed by atoms with van der Waals surface area (Å²) in [6, 6.07) is 4.09. The second-order valence-corrected chi connectivity index (χ2v) is 7.04. The van der Waals surface area contributed by atoms with Crippen LogP contribution in [0.3, 0.4) is 0 Å². The van der Waals surface area contributed by atoms with E-state index in [9.17, 15) is 0 Å². The van der Waals surface area contributed by atoms with Crippen molar-refractivity contribution in [2.45, 2.75) is 46.7 Å². The molecule has 0 unspecified atom stereocenters. The van der Waals surface area contributed by atoms with Crippen LogP contribution in [0, 0.1) is 0 Å². The number of ether oxygens (including phenoxy) is 2. The van der Waals surface area contributed by atoms with Crippen molar-refractivity contribution in [3.8, 4) is 11.5 Å². The Kier molecular flexibility index (Phi) is 6.75. The second-order valence-electron chi connectivity index (χ2n) is 6.19. The van der Waals surface area contributed by atoms with Gasteiger partial charge in [0.1, 0.15) is 6.61 Å². The number of hydrogen-bond donors (Lipinski definition) is 1. The molecule has 3 nitrogen and oxygen atoms in total. The normalized spacial score (nSPS) is 11.3. The van der Waals surface area contributed by atoms with Crippen LogP contribution in [0.25, 0.3) is 0 Å². The Labute approximate surface area is 136 Å². The summed E-state index contributed by atoms with van der Waals surface area (Å²) in [5.74, 6) is 1.50. The fraction of sp³-hybridized carbons (Fsp3) is 0.529. The maximum atomic E-state index is 5.79. The number of nitrogens with one attached hydrogen (secondary N) is 1. The van der Waals surface area contributed by atoms with Crippen LogP contribution in [0.1, 0.15) is 40.2 Å². The average molecular weight is 356 g/mol. The van der Waals surface area contributed by atoms with E-state index in [4.69, 9.17) is 9.47 Å². The minimum Gasteiger partial charge on any atom is -0.490 e. The van der Waals surface area contributed by atoms with Gasteiger partial charge in [-0.2, -0.15) is 0 Å². The first-order chi connectivity index (χ1) is 9.73. The molecule has 0 aliphatic heterocycles. The third-order valence-electron chi connectivity index (χ3n) is 2.65. The molecule has 118 valence electrons. The van der Waals surface area contributed by atoms with Crippen LogP contribution in [0.5, 0.6) is 11.5 Å². The average Bonchev–Trinajstić information content (AvgIpc) is 2.34. The number of hydrogen-bond acceptors (Lipinski definition) is 3. The molecule has 21 heavy (non-hydrogen) atoms. The van der Waals surface area contributed by atoms with Crippen molar-refractivity contribution in [3.05, 3.63) is 34.3 Å². The summed E-state index contributed by atoms with van der Waals surface area (Å²) in [4.78, 5) is 0. The quantitative estimate of drug-likeness (QED) is 0.719. The molecule has 4 heteroatoms. The van der Waals surface area contributed by atoms with E-state index in [2.05, 4.69) is 54.7 Å². The van der Waals surface area contributed by atoms with Gasteiger partial charge in [0.2, 0.25) is 0 Å². The summed E-state index contributed by atoms with van der Waals surface area (Å²) in [5, 5.41) is 3.47. The molecule has 0 saturated heterocycles. The monoisotopic (exact) mass is 355 g/mol. The van der Waals surface area contributed by atoms with Gasteiger partial charge in [-0.25, -0.2) is 0 Å². The molecule has 0 spiro atoms. The van der Waals surface area contributed by atoms with E-state index in [-0.39, 0.29) is 5.54 Å². The van der Waals surface area contributed by atoms with Gasteiger partial charge >= 0.3 is 0 Å². The van der Waals surface area contributed by atoms with Gasteiger partial charge < -0.3 is 14.8 Å². The SMILES string of the molecule is C=C(C)COc1c(Br)cc(CNC(C)(C)C)cc1OCC. The first-order valence-electron chi connectivity index (χ1n) is 7.20. The van der Waals surface area contributed by atoms with E-state index < -0.39 is 0 Å². The van der Waals surface area contributed by atoms with Gasteiger partial charge in [0.25, 0.3) is 0 Å². The maximum absolute atomic E-state index is 5.79. The molecular formula is C17H26BrNO2. The molecule has 0 bridgehead atoms. The summed E-state index contributed by atoms with van der Waals surface area (Å²) in [6.45, 7) is 16.1. The molecule has 0 aliphatic carbocycles. The number of halogens is 1. The lowest BCUT2D eigenvalue weighted by molar-refractivity contribution is 0.291. The van der Waals surface area contributed by atoms with Crippen molar-refractivity contribution >= 4 is 15.9 Å². The Balaban J connectivity index is 2.97. The summed E-state index contributed by atoms with van der Waals surface area (Å²) in [5.41, 5.74) is 2.21. The zero-order valence-electron chi connectivity index (χ0n) is 13.7. The molecule has 0 aromatic heterocycles. The van der Waals surface area contributed by atoms with Gasteiger partial charge in [0.15, 0.2) is 11.5 Å². The van der Waals surface area contributed by atoms with E-state index in [1.807, 2.05) is 19.9 Å². The lowest BCUT2D eigenvalue weighted by Crippen LogP contribution is -2.35. The zero-order valence-corrected chi connectivity index (χ0v) is 15.3. The maximum Gasteiger partial charge on any atom is 0.175 e. The van der Waals surface area contributed by atoms with Crippen LogP contribution in [0.15, 0.2) is 28.8 Å². The highest BCUT2D eigenvalue weighted by atomic mass is 79.9. The Morgan fingerprint density at radius 1 is 1.29 bits per heavy atom. The van der Waals surface area contributed by atoms with Crippen molar-refractivity contribution in [1.82, 2.24) is 5.32 Å². The van der Waals surface area contributed by atoms with Crippen LogP contribution < -0.4 is 14.8 Å². The highest BCUT2D eigenvalue weighted by molar-refractivity contribution is 9.10. The largest absolute Gasteiger partial charge is 0.490 e. The van der Waals surface area contributed by atoms with E-state index in [1.165, 1.54) is 0 Å². The molecule has 1 N–H and O–H groups in total. The molecule has 1 aromatic carbocycles.